The lowest BCUT2D eigenvalue weighted by atomic mass is 9.70. The van der Waals surface area contributed by atoms with Gasteiger partial charge >= 0.3 is 0 Å². The van der Waals surface area contributed by atoms with Gasteiger partial charge in [0.15, 0.2) is 0 Å². The van der Waals surface area contributed by atoms with Crippen molar-refractivity contribution in [3.63, 3.8) is 0 Å². The van der Waals surface area contributed by atoms with Crippen LogP contribution in [0.25, 0.3) is 0 Å². The molecule has 1 fully saturated rings. The summed E-state index contributed by atoms with van der Waals surface area (Å²) in [5.41, 5.74) is 9.07. The van der Waals surface area contributed by atoms with Crippen molar-refractivity contribution in [2.45, 2.75) is 25.7 Å². The first-order valence-corrected chi connectivity index (χ1v) is 4.98. The largest absolute Gasteiger partial charge is 0.399 e. The van der Waals surface area contributed by atoms with Crippen LogP contribution in [0.2, 0.25) is 0 Å². The number of hydrogen-bond donors (Lipinski definition) is 1. The minimum atomic E-state index is 0.204. The van der Waals surface area contributed by atoms with Gasteiger partial charge in [-0.05, 0) is 43.0 Å². The topological polar surface area (TPSA) is 49.8 Å². The van der Waals surface area contributed by atoms with E-state index in [1.54, 1.807) is 0 Å². The van der Waals surface area contributed by atoms with Crippen molar-refractivity contribution in [2.75, 3.05) is 5.73 Å². The standard InChI is InChI=1S/C12H14N2/c1-8-2-4-10(14)6-12(8)11-5-3-9(11)7-13/h2,4,6,9,11H,3,5,14H2,1H3/t9-,11+/m1/s1. The maximum absolute atomic E-state index is 8.90. The molecule has 0 aliphatic heterocycles. The maximum atomic E-state index is 8.90. The molecule has 72 valence electrons. The van der Waals surface area contributed by atoms with Crippen molar-refractivity contribution >= 4 is 5.69 Å². The van der Waals surface area contributed by atoms with E-state index < -0.39 is 0 Å². The summed E-state index contributed by atoms with van der Waals surface area (Å²) in [7, 11) is 0. The number of nitrogens with two attached hydrogens (primary N) is 1. The molecule has 2 rings (SSSR count). The summed E-state index contributed by atoms with van der Waals surface area (Å²) in [6.07, 6.45) is 2.16. The fourth-order valence-electron chi connectivity index (χ4n) is 2.09. The summed E-state index contributed by atoms with van der Waals surface area (Å²) < 4.78 is 0. The van der Waals surface area contributed by atoms with Gasteiger partial charge in [0.25, 0.3) is 0 Å². The highest BCUT2D eigenvalue weighted by atomic mass is 14.5. The van der Waals surface area contributed by atoms with Gasteiger partial charge in [-0.1, -0.05) is 6.07 Å². The Hall–Kier alpha value is -1.49. The molecule has 14 heavy (non-hydrogen) atoms. The lowest BCUT2D eigenvalue weighted by Crippen LogP contribution is -2.23. The van der Waals surface area contributed by atoms with Crippen molar-refractivity contribution in [3.8, 4) is 6.07 Å². The van der Waals surface area contributed by atoms with Gasteiger partial charge in [0.05, 0.1) is 12.0 Å². The highest BCUT2D eigenvalue weighted by Gasteiger charge is 2.32. The van der Waals surface area contributed by atoms with Crippen molar-refractivity contribution in [1.82, 2.24) is 0 Å². The quantitative estimate of drug-likeness (QED) is 0.685. The number of nitriles is 1. The van der Waals surface area contributed by atoms with Gasteiger partial charge in [0, 0.05) is 11.6 Å². The van der Waals surface area contributed by atoms with Crippen molar-refractivity contribution in [1.29, 1.82) is 5.26 Å². The Kier molecular flexibility index (Phi) is 2.17. The Bertz CT molecular complexity index is 390. The monoisotopic (exact) mass is 186 g/mol. The number of aryl methyl sites for hydroxylation is 1. The third-order valence-corrected chi connectivity index (χ3v) is 3.14. The van der Waals surface area contributed by atoms with E-state index in [-0.39, 0.29) is 5.92 Å². The molecule has 0 spiro atoms. The van der Waals surface area contributed by atoms with Crippen LogP contribution in [-0.4, -0.2) is 0 Å². The van der Waals surface area contributed by atoms with E-state index in [0.717, 1.165) is 18.5 Å². The van der Waals surface area contributed by atoms with E-state index in [1.165, 1.54) is 11.1 Å². The molecule has 1 aliphatic rings. The van der Waals surface area contributed by atoms with Gasteiger partial charge in [-0.3, -0.25) is 0 Å². The van der Waals surface area contributed by atoms with Crippen LogP contribution >= 0.6 is 0 Å². The van der Waals surface area contributed by atoms with Gasteiger partial charge in [-0.2, -0.15) is 5.26 Å². The van der Waals surface area contributed by atoms with Gasteiger partial charge in [-0.15, -0.1) is 0 Å². The first kappa shape index (κ1) is 9.08. The van der Waals surface area contributed by atoms with Crippen molar-refractivity contribution in [3.05, 3.63) is 29.3 Å². The first-order valence-electron chi connectivity index (χ1n) is 4.98. The molecule has 0 heterocycles. The zero-order valence-electron chi connectivity index (χ0n) is 8.33. The molecule has 0 radical (unpaired) electrons. The SMILES string of the molecule is Cc1ccc(N)cc1[C@H]1CC[C@@H]1C#N. The molecule has 1 aromatic rings. The predicted octanol–water partition coefficient (Wildman–Crippen LogP) is 2.59. The third kappa shape index (κ3) is 1.35. The van der Waals surface area contributed by atoms with Crippen LogP contribution in [0.15, 0.2) is 18.2 Å². The molecule has 1 aromatic carbocycles. The van der Waals surface area contributed by atoms with Gasteiger partial charge in [0.1, 0.15) is 0 Å². The molecule has 2 nitrogen and oxygen atoms in total. The van der Waals surface area contributed by atoms with Crippen LogP contribution in [0.1, 0.15) is 29.9 Å². The van der Waals surface area contributed by atoms with E-state index in [0.29, 0.717) is 5.92 Å². The Morgan fingerprint density at radius 3 is 2.79 bits per heavy atom. The Labute approximate surface area is 84.3 Å². The molecular weight excluding hydrogens is 172 g/mol. The molecule has 2 heteroatoms. The highest BCUT2D eigenvalue weighted by molar-refractivity contribution is 5.46. The average molecular weight is 186 g/mol. The Morgan fingerprint density at radius 1 is 1.43 bits per heavy atom. The Morgan fingerprint density at radius 2 is 2.21 bits per heavy atom. The van der Waals surface area contributed by atoms with Crippen LogP contribution in [-0.2, 0) is 0 Å². The highest BCUT2D eigenvalue weighted by Crippen LogP contribution is 2.43. The van der Waals surface area contributed by atoms with Crippen LogP contribution in [0.5, 0.6) is 0 Å². The molecule has 0 saturated heterocycles. The average Bonchev–Trinajstić information content (AvgIpc) is 2.10. The maximum Gasteiger partial charge on any atom is 0.0662 e. The zero-order chi connectivity index (χ0) is 10.1. The summed E-state index contributed by atoms with van der Waals surface area (Å²) in [5.74, 6) is 0.624. The molecule has 1 saturated carbocycles. The summed E-state index contributed by atoms with van der Waals surface area (Å²) in [4.78, 5) is 0. The predicted molar refractivity (Wildman–Crippen MR) is 56.7 cm³/mol. The van der Waals surface area contributed by atoms with E-state index in [9.17, 15) is 0 Å². The normalized spacial score (nSPS) is 25.1. The molecule has 0 bridgehead atoms. The van der Waals surface area contributed by atoms with Crippen LogP contribution in [0.4, 0.5) is 5.69 Å². The Balaban J connectivity index is 2.32. The molecule has 1 aliphatic carbocycles. The second-order valence-electron chi connectivity index (χ2n) is 4.04. The summed E-state index contributed by atoms with van der Waals surface area (Å²) in [5, 5.41) is 8.90. The number of hydrogen-bond acceptors (Lipinski definition) is 2. The molecule has 0 aromatic heterocycles. The lowest BCUT2D eigenvalue weighted by molar-refractivity contribution is 0.324. The minimum absolute atomic E-state index is 0.204. The molecule has 2 N–H and O–H groups in total. The molecule has 0 unspecified atom stereocenters. The van der Waals surface area contributed by atoms with Crippen molar-refractivity contribution in [2.24, 2.45) is 5.92 Å². The van der Waals surface area contributed by atoms with Crippen molar-refractivity contribution < 1.29 is 0 Å². The summed E-state index contributed by atoms with van der Waals surface area (Å²) >= 11 is 0. The number of benzene rings is 1. The van der Waals surface area contributed by atoms with Crippen LogP contribution in [0, 0.1) is 24.2 Å². The number of nitrogen functional groups attached to an aromatic ring is 1. The zero-order valence-corrected chi connectivity index (χ0v) is 8.33. The number of rotatable bonds is 1. The molecule has 2 atom stereocenters. The van der Waals surface area contributed by atoms with E-state index in [2.05, 4.69) is 13.0 Å². The number of nitrogens with zero attached hydrogens (tertiary/aromatic N) is 1. The minimum Gasteiger partial charge on any atom is -0.399 e. The van der Waals surface area contributed by atoms with Crippen LogP contribution in [0.3, 0.4) is 0 Å². The van der Waals surface area contributed by atoms with E-state index in [1.807, 2.05) is 18.2 Å². The van der Waals surface area contributed by atoms with Crippen LogP contribution < -0.4 is 5.73 Å². The smallest absolute Gasteiger partial charge is 0.0662 e. The van der Waals surface area contributed by atoms with E-state index in [4.69, 9.17) is 11.0 Å². The second kappa shape index (κ2) is 3.34. The molecular formula is C12H14N2. The van der Waals surface area contributed by atoms with Gasteiger partial charge in [0.2, 0.25) is 0 Å². The fraction of sp³-hybridized carbons (Fsp3) is 0.417. The van der Waals surface area contributed by atoms with Gasteiger partial charge in [-0.25, -0.2) is 0 Å². The first-order chi connectivity index (χ1) is 6.72. The van der Waals surface area contributed by atoms with E-state index >= 15 is 0 Å². The lowest BCUT2D eigenvalue weighted by Gasteiger charge is -2.33. The second-order valence-corrected chi connectivity index (χ2v) is 4.04. The number of anilines is 1. The summed E-state index contributed by atoms with van der Waals surface area (Å²) in [6, 6.07) is 8.33. The molecule has 0 amide bonds. The summed E-state index contributed by atoms with van der Waals surface area (Å²) in [6.45, 7) is 2.08. The fourth-order valence-corrected chi connectivity index (χ4v) is 2.09. The van der Waals surface area contributed by atoms with Gasteiger partial charge < -0.3 is 5.73 Å². The third-order valence-electron chi connectivity index (χ3n) is 3.14.